The van der Waals surface area contributed by atoms with Crippen LogP contribution in [0.3, 0.4) is 0 Å². The number of ether oxygens (including phenoxy) is 1. The Bertz CT molecular complexity index is 1370. The molecular weight excluding hydrogens is 436 g/mol. The van der Waals surface area contributed by atoms with E-state index in [1.165, 1.54) is 5.57 Å². The summed E-state index contributed by atoms with van der Waals surface area (Å²) in [6.45, 7) is 0.636. The summed E-state index contributed by atoms with van der Waals surface area (Å²) in [5, 5.41) is 14.7. The van der Waals surface area contributed by atoms with Crippen LogP contribution in [0.4, 0.5) is 4.79 Å². The maximum atomic E-state index is 13.3. The van der Waals surface area contributed by atoms with Crippen LogP contribution in [0.1, 0.15) is 41.7 Å². The zero-order valence-corrected chi connectivity index (χ0v) is 18.7. The summed E-state index contributed by atoms with van der Waals surface area (Å²) in [5.41, 5.74) is 4.87. The molecule has 2 aliphatic heterocycles. The molecule has 6 rings (SSSR count). The van der Waals surface area contributed by atoms with Gasteiger partial charge in [0, 0.05) is 30.1 Å². The minimum atomic E-state index is -1.42. The maximum Gasteiger partial charge on any atom is 0.322 e. The quantitative estimate of drug-likeness (QED) is 0.501. The predicted molar refractivity (Wildman–Crippen MR) is 122 cm³/mol. The first-order valence-corrected chi connectivity index (χ1v) is 11.3. The number of pyridine rings is 1. The lowest BCUT2D eigenvalue weighted by atomic mass is 9.87. The molecule has 1 aliphatic carbocycles. The van der Waals surface area contributed by atoms with Gasteiger partial charge in [0.25, 0.3) is 5.91 Å². The van der Waals surface area contributed by atoms with E-state index in [4.69, 9.17) is 9.15 Å². The Labute approximate surface area is 195 Å². The lowest BCUT2D eigenvalue weighted by Gasteiger charge is -2.33. The van der Waals surface area contributed by atoms with Crippen LogP contribution in [0.5, 0.6) is 5.75 Å². The SMILES string of the molecule is COc1ccc2c(c1)C(=C1CCC1)N(C[C@@]1(c3cc4ncc(CO)cc4o3)NC(=O)NC1=O)C2. The average Bonchev–Trinajstić information content (AvgIpc) is 3.46. The average molecular weight is 460 g/mol. The number of furan rings is 1. The second-order valence-corrected chi connectivity index (χ2v) is 8.99. The molecule has 1 atom stereocenters. The van der Waals surface area contributed by atoms with Gasteiger partial charge in [-0.1, -0.05) is 6.07 Å². The molecule has 0 bridgehead atoms. The van der Waals surface area contributed by atoms with E-state index in [-0.39, 0.29) is 13.2 Å². The number of carbonyl (C=O) groups excluding carboxylic acids is 2. The summed E-state index contributed by atoms with van der Waals surface area (Å²) in [6, 6.07) is 8.84. The molecule has 2 fully saturated rings. The van der Waals surface area contributed by atoms with E-state index in [1.807, 2.05) is 12.1 Å². The number of carbonyl (C=O) groups is 2. The number of aliphatic hydroxyl groups is 1. The van der Waals surface area contributed by atoms with Crippen LogP contribution in [0.25, 0.3) is 16.8 Å². The van der Waals surface area contributed by atoms with Crippen LogP contribution in [0.15, 0.2) is 46.5 Å². The van der Waals surface area contributed by atoms with Crippen molar-refractivity contribution in [2.45, 2.75) is 38.0 Å². The number of benzene rings is 1. The van der Waals surface area contributed by atoms with Crippen molar-refractivity contribution in [3.8, 4) is 5.75 Å². The van der Waals surface area contributed by atoms with Crippen molar-refractivity contribution < 1.29 is 23.8 Å². The van der Waals surface area contributed by atoms with Gasteiger partial charge in [-0.2, -0.15) is 0 Å². The molecule has 3 N–H and O–H groups in total. The number of hydrogen-bond acceptors (Lipinski definition) is 7. The number of methoxy groups -OCH3 is 1. The Morgan fingerprint density at radius 3 is 2.76 bits per heavy atom. The van der Waals surface area contributed by atoms with Crippen molar-refractivity contribution in [2.75, 3.05) is 13.7 Å². The Morgan fingerprint density at radius 2 is 2.09 bits per heavy atom. The molecule has 3 amide bonds. The van der Waals surface area contributed by atoms with E-state index >= 15 is 0 Å². The Hall–Kier alpha value is -3.85. The third kappa shape index (κ3) is 3.07. The largest absolute Gasteiger partial charge is 0.497 e. The zero-order chi connectivity index (χ0) is 23.4. The van der Waals surface area contributed by atoms with Crippen molar-refractivity contribution in [3.05, 3.63) is 64.6 Å². The summed E-state index contributed by atoms with van der Waals surface area (Å²) >= 11 is 0. The van der Waals surface area contributed by atoms with Crippen molar-refractivity contribution in [2.24, 2.45) is 0 Å². The molecule has 9 heteroatoms. The van der Waals surface area contributed by atoms with Gasteiger partial charge in [-0.25, -0.2) is 4.79 Å². The monoisotopic (exact) mass is 460 g/mol. The van der Waals surface area contributed by atoms with Crippen molar-refractivity contribution in [3.63, 3.8) is 0 Å². The van der Waals surface area contributed by atoms with Gasteiger partial charge in [0.05, 0.1) is 20.3 Å². The molecule has 0 unspecified atom stereocenters. The van der Waals surface area contributed by atoms with Gasteiger partial charge < -0.3 is 24.5 Å². The third-order valence-electron chi connectivity index (χ3n) is 6.94. The normalized spacial score (nSPS) is 21.5. The molecule has 0 spiro atoms. The third-order valence-corrected chi connectivity index (χ3v) is 6.94. The number of allylic oxidation sites excluding steroid dienone is 1. The number of aliphatic hydroxyl groups excluding tert-OH is 1. The van der Waals surface area contributed by atoms with Gasteiger partial charge in [-0.05, 0) is 54.2 Å². The lowest BCUT2D eigenvalue weighted by molar-refractivity contribution is -0.125. The van der Waals surface area contributed by atoms with Crippen molar-refractivity contribution in [1.82, 2.24) is 20.5 Å². The number of rotatable bonds is 5. The summed E-state index contributed by atoms with van der Waals surface area (Å²) in [7, 11) is 1.65. The standard InChI is InChI=1S/C25H24N4O5/c1-33-17-6-5-16-11-29(22(18(16)8-17)15-3-2-4-15)13-25(23(31)27-24(32)28-25)21-9-19-20(34-21)7-14(12-30)10-26-19/h5-10,30H,2-4,11-13H2,1H3,(H2,27,28,31,32)/t25-/m0/s1. The Kier molecular flexibility index (Phi) is 4.63. The molecule has 1 saturated carbocycles. The van der Waals surface area contributed by atoms with Crippen molar-refractivity contribution >= 4 is 28.7 Å². The van der Waals surface area contributed by atoms with E-state index < -0.39 is 17.5 Å². The maximum absolute atomic E-state index is 13.3. The van der Waals surface area contributed by atoms with E-state index in [1.54, 1.807) is 25.4 Å². The number of nitrogens with zero attached hydrogens (tertiary/aromatic N) is 2. The number of fused-ring (bicyclic) bond motifs is 2. The molecule has 0 radical (unpaired) electrons. The summed E-state index contributed by atoms with van der Waals surface area (Å²) in [5.74, 6) is 0.619. The Balaban J connectivity index is 1.44. The fourth-order valence-electron chi connectivity index (χ4n) is 5.03. The van der Waals surface area contributed by atoms with Crippen LogP contribution in [0.2, 0.25) is 0 Å². The smallest absolute Gasteiger partial charge is 0.322 e. The second kappa shape index (κ2) is 7.59. The van der Waals surface area contributed by atoms with E-state index in [9.17, 15) is 14.7 Å². The number of aromatic nitrogens is 1. The van der Waals surface area contributed by atoms with Crippen molar-refractivity contribution in [1.29, 1.82) is 0 Å². The van der Waals surface area contributed by atoms with Gasteiger partial charge in [-0.15, -0.1) is 0 Å². The fraction of sp³-hybridized carbons (Fsp3) is 0.320. The number of urea groups is 1. The molecule has 9 nitrogen and oxygen atoms in total. The minimum absolute atomic E-state index is 0.173. The fourth-order valence-corrected chi connectivity index (χ4v) is 5.03. The molecule has 2 aromatic heterocycles. The molecular formula is C25H24N4O5. The van der Waals surface area contributed by atoms with Crippen LogP contribution >= 0.6 is 0 Å². The number of imide groups is 1. The van der Waals surface area contributed by atoms with E-state index in [0.29, 0.717) is 29.0 Å². The molecule has 3 aromatic rings. The molecule has 1 saturated heterocycles. The topological polar surface area (TPSA) is 117 Å². The molecule has 174 valence electrons. The molecule has 3 aliphatic rings. The highest BCUT2D eigenvalue weighted by molar-refractivity contribution is 6.07. The lowest BCUT2D eigenvalue weighted by Crippen LogP contribution is -2.51. The summed E-state index contributed by atoms with van der Waals surface area (Å²) < 4.78 is 11.5. The van der Waals surface area contributed by atoms with Gasteiger partial charge in [0.1, 0.15) is 17.0 Å². The van der Waals surface area contributed by atoms with E-state index in [0.717, 1.165) is 41.8 Å². The number of hydrogen-bond donors (Lipinski definition) is 3. The number of nitrogens with one attached hydrogen (secondary N) is 2. The summed E-state index contributed by atoms with van der Waals surface area (Å²) in [4.78, 5) is 32.1. The Morgan fingerprint density at radius 1 is 1.24 bits per heavy atom. The highest BCUT2D eigenvalue weighted by Crippen LogP contribution is 2.44. The predicted octanol–water partition coefficient (Wildman–Crippen LogP) is 2.77. The first kappa shape index (κ1) is 20.7. The number of amides is 3. The van der Waals surface area contributed by atoms with Gasteiger partial charge >= 0.3 is 6.03 Å². The minimum Gasteiger partial charge on any atom is -0.497 e. The van der Waals surface area contributed by atoms with Gasteiger partial charge in [0.2, 0.25) is 0 Å². The highest BCUT2D eigenvalue weighted by atomic mass is 16.5. The van der Waals surface area contributed by atoms with E-state index in [2.05, 4.69) is 26.6 Å². The van der Waals surface area contributed by atoms with Crippen LogP contribution in [-0.4, -0.2) is 40.6 Å². The molecule has 1 aromatic carbocycles. The zero-order valence-electron chi connectivity index (χ0n) is 18.7. The highest BCUT2D eigenvalue weighted by Gasteiger charge is 2.52. The van der Waals surface area contributed by atoms with Crippen LogP contribution in [0, 0.1) is 0 Å². The molecule has 4 heterocycles. The van der Waals surface area contributed by atoms with Crippen LogP contribution < -0.4 is 15.4 Å². The molecule has 34 heavy (non-hydrogen) atoms. The first-order valence-electron chi connectivity index (χ1n) is 11.3. The van der Waals surface area contributed by atoms with Gasteiger partial charge in [-0.3, -0.25) is 15.1 Å². The second-order valence-electron chi connectivity index (χ2n) is 8.99. The first-order chi connectivity index (χ1) is 16.5. The summed E-state index contributed by atoms with van der Waals surface area (Å²) in [6.07, 6.45) is 4.71. The van der Waals surface area contributed by atoms with Gasteiger partial charge in [0.15, 0.2) is 11.1 Å². The van der Waals surface area contributed by atoms with Crippen LogP contribution in [-0.2, 0) is 23.5 Å².